The monoisotopic (exact) mass is 244 g/mol. The molecule has 0 saturated carbocycles. The smallest absolute Gasteiger partial charge is 0.150 e. The van der Waals surface area contributed by atoms with Crippen molar-refractivity contribution in [3.05, 3.63) is 59.4 Å². The SMILES string of the molecule is COCc1cc(C=O)cc(-c2ccc(F)cc2)c1. The minimum atomic E-state index is -0.276. The van der Waals surface area contributed by atoms with Gasteiger partial charge in [-0.1, -0.05) is 12.1 Å². The van der Waals surface area contributed by atoms with Gasteiger partial charge < -0.3 is 4.74 Å². The lowest BCUT2D eigenvalue weighted by molar-refractivity contribution is 0.112. The lowest BCUT2D eigenvalue weighted by Crippen LogP contribution is -1.92. The van der Waals surface area contributed by atoms with Crippen LogP contribution in [-0.4, -0.2) is 13.4 Å². The Morgan fingerprint density at radius 1 is 1.11 bits per heavy atom. The first-order valence-electron chi connectivity index (χ1n) is 5.57. The van der Waals surface area contributed by atoms with E-state index >= 15 is 0 Å². The normalized spacial score (nSPS) is 10.3. The maximum Gasteiger partial charge on any atom is 0.150 e. The molecule has 0 aliphatic carbocycles. The van der Waals surface area contributed by atoms with Gasteiger partial charge in [0.25, 0.3) is 0 Å². The van der Waals surface area contributed by atoms with Crippen LogP contribution in [0.25, 0.3) is 11.1 Å². The molecule has 2 aromatic carbocycles. The average molecular weight is 244 g/mol. The predicted molar refractivity (Wildman–Crippen MR) is 67.9 cm³/mol. The summed E-state index contributed by atoms with van der Waals surface area (Å²) in [5.41, 5.74) is 3.26. The van der Waals surface area contributed by atoms with Crippen LogP contribution in [-0.2, 0) is 11.3 Å². The molecule has 2 nitrogen and oxygen atoms in total. The third-order valence-electron chi connectivity index (χ3n) is 2.64. The Hall–Kier alpha value is -2.00. The van der Waals surface area contributed by atoms with Crippen LogP contribution in [0.3, 0.4) is 0 Å². The molecule has 18 heavy (non-hydrogen) atoms. The van der Waals surface area contributed by atoms with Crippen molar-refractivity contribution in [2.24, 2.45) is 0 Å². The Kier molecular flexibility index (Phi) is 3.85. The first kappa shape index (κ1) is 12.5. The van der Waals surface area contributed by atoms with E-state index in [2.05, 4.69) is 0 Å². The average Bonchev–Trinajstić information content (AvgIpc) is 2.39. The lowest BCUT2D eigenvalue weighted by Gasteiger charge is -2.07. The first-order valence-corrected chi connectivity index (χ1v) is 5.57. The van der Waals surface area contributed by atoms with Crippen LogP contribution in [0.15, 0.2) is 42.5 Å². The maximum atomic E-state index is 12.9. The Balaban J connectivity index is 2.45. The largest absolute Gasteiger partial charge is 0.380 e. The van der Waals surface area contributed by atoms with Crippen molar-refractivity contribution >= 4 is 6.29 Å². The summed E-state index contributed by atoms with van der Waals surface area (Å²) in [6, 6.07) is 11.7. The number of rotatable bonds is 4. The number of carbonyl (C=O) groups is 1. The summed E-state index contributed by atoms with van der Waals surface area (Å²) < 4.78 is 17.9. The van der Waals surface area contributed by atoms with E-state index in [0.717, 1.165) is 23.0 Å². The van der Waals surface area contributed by atoms with Gasteiger partial charge in [0.1, 0.15) is 12.1 Å². The summed E-state index contributed by atoms with van der Waals surface area (Å²) in [5.74, 6) is -0.276. The summed E-state index contributed by atoms with van der Waals surface area (Å²) in [7, 11) is 1.60. The van der Waals surface area contributed by atoms with Crippen molar-refractivity contribution in [3.63, 3.8) is 0 Å². The molecule has 0 heterocycles. The Morgan fingerprint density at radius 3 is 2.44 bits per heavy atom. The van der Waals surface area contributed by atoms with E-state index in [4.69, 9.17) is 4.74 Å². The van der Waals surface area contributed by atoms with Gasteiger partial charge in [-0.2, -0.15) is 0 Å². The summed E-state index contributed by atoms with van der Waals surface area (Å²) in [6.07, 6.45) is 0.798. The lowest BCUT2D eigenvalue weighted by atomic mass is 10.0. The van der Waals surface area contributed by atoms with Gasteiger partial charge in [0, 0.05) is 12.7 Å². The number of halogens is 1. The van der Waals surface area contributed by atoms with Crippen LogP contribution in [0.2, 0.25) is 0 Å². The highest BCUT2D eigenvalue weighted by Crippen LogP contribution is 2.22. The highest BCUT2D eigenvalue weighted by molar-refractivity contribution is 5.79. The molecule has 2 aromatic rings. The zero-order valence-electron chi connectivity index (χ0n) is 10.0. The molecule has 0 spiro atoms. The maximum absolute atomic E-state index is 12.9. The molecule has 0 aliphatic heterocycles. The predicted octanol–water partition coefficient (Wildman–Crippen LogP) is 3.45. The number of carbonyl (C=O) groups excluding carboxylic acids is 1. The summed E-state index contributed by atoms with van der Waals surface area (Å²) in [4.78, 5) is 10.9. The molecule has 2 rings (SSSR count). The molecular weight excluding hydrogens is 231 g/mol. The van der Waals surface area contributed by atoms with Gasteiger partial charge >= 0.3 is 0 Å². The standard InChI is InChI=1S/C15H13FO2/c1-18-10-12-6-11(9-17)7-14(8-12)13-2-4-15(16)5-3-13/h2-9H,10H2,1H3. The number of aldehydes is 1. The van der Waals surface area contributed by atoms with E-state index in [1.165, 1.54) is 12.1 Å². The van der Waals surface area contributed by atoms with Gasteiger partial charge in [-0.15, -0.1) is 0 Å². The van der Waals surface area contributed by atoms with E-state index in [1.54, 1.807) is 31.4 Å². The minimum absolute atomic E-state index is 0.276. The molecular formula is C15H13FO2. The van der Waals surface area contributed by atoms with Gasteiger partial charge in [0.2, 0.25) is 0 Å². The second kappa shape index (κ2) is 5.56. The van der Waals surface area contributed by atoms with Crippen LogP contribution in [0.1, 0.15) is 15.9 Å². The molecule has 0 aliphatic rings. The van der Waals surface area contributed by atoms with Crippen molar-refractivity contribution in [1.82, 2.24) is 0 Å². The van der Waals surface area contributed by atoms with Crippen LogP contribution in [0.5, 0.6) is 0 Å². The fourth-order valence-electron chi connectivity index (χ4n) is 1.85. The molecule has 0 radical (unpaired) electrons. The van der Waals surface area contributed by atoms with E-state index in [0.29, 0.717) is 12.2 Å². The Morgan fingerprint density at radius 2 is 1.83 bits per heavy atom. The molecule has 0 atom stereocenters. The zero-order valence-corrected chi connectivity index (χ0v) is 10.0. The summed E-state index contributed by atoms with van der Waals surface area (Å²) in [6.45, 7) is 0.440. The Labute approximate surface area is 105 Å². The molecule has 0 bridgehead atoms. The quantitative estimate of drug-likeness (QED) is 0.770. The van der Waals surface area contributed by atoms with Gasteiger partial charge in [0.05, 0.1) is 6.61 Å². The molecule has 0 saturated heterocycles. The molecule has 0 N–H and O–H groups in total. The van der Waals surface area contributed by atoms with Crippen molar-refractivity contribution in [2.45, 2.75) is 6.61 Å². The summed E-state index contributed by atoms with van der Waals surface area (Å²) >= 11 is 0. The minimum Gasteiger partial charge on any atom is -0.380 e. The number of methoxy groups -OCH3 is 1. The van der Waals surface area contributed by atoms with Gasteiger partial charge in [-0.25, -0.2) is 4.39 Å². The van der Waals surface area contributed by atoms with E-state index in [1.807, 2.05) is 6.07 Å². The fraction of sp³-hybridized carbons (Fsp3) is 0.133. The molecule has 0 unspecified atom stereocenters. The zero-order chi connectivity index (χ0) is 13.0. The number of hydrogen-bond acceptors (Lipinski definition) is 2. The number of benzene rings is 2. The highest BCUT2D eigenvalue weighted by Gasteiger charge is 2.03. The van der Waals surface area contributed by atoms with Crippen molar-refractivity contribution in [2.75, 3.05) is 7.11 Å². The van der Waals surface area contributed by atoms with Gasteiger partial charge in [-0.05, 0) is 47.0 Å². The topological polar surface area (TPSA) is 26.3 Å². The van der Waals surface area contributed by atoms with Crippen LogP contribution < -0.4 is 0 Å². The van der Waals surface area contributed by atoms with Crippen molar-refractivity contribution in [3.8, 4) is 11.1 Å². The number of hydrogen-bond donors (Lipinski definition) is 0. The first-order chi connectivity index (χ1) is 8.72. The molecule has 0 amide bonds. The molecule has 0 fully saturated rings. The van der Waals surface area contributed by atoms with Crippen LogP contribution >= 0.6 is 0 Å². The van der Waals surface area contributed by atoms with Crippen molar-refractivity contribution in [1.29, 1.82) is 0 Å². The fourth-order valence-corrected chi connectivity index (χ4v) is 1.85. The third-order valence-corrected chi connectivity index (χ3v) is 2.64. The van der Waals surface area contributed by atoms with Crippen molar-refractivity contribution < 1.29 is 13.9 Å². The van der Waals surface area contributed by atoms with Crippen LogP contribution in [0.4, 0.5) is 4.39 Å². The van der Waals surface area contributed by atoms with E-state index < -0.39 is 0 Å². The second-order valence-electron chi connectivity index (χ2n) is 4.02. The second-order valence-corrected chi connectivity index (χ2v) is 4.02. The van der Waals surface area contributed by atoms with E-state index in [-0.39, 0.29) is 5.82 Å². The third kappa shape index (κ3) is 2.81. The van der Waals surface area contributed by atoms with Crippen LogP contribution in [0, 0.1) is 5.82 Å². The molecule has 92 valence electrons. The molecule has 0 aromatic heterocycles. The molecule has 3 heteroatoms. The van der Waals surface area contributed by atoms with E-state index in [9.17, 15) is 9.18 Å². The van der Waals surface area contributed by atoms with Gasteiger partial charge in [-0.3, -0.25) is 4.79 Å². The highest BCUT2D eigenvalue weighted by atomic mass is 19.1. The Bertz CT molecular complexity index is 547. The van der Waals surface area contributed by atoms with Gasteiger partial charge in [0.15, 0.2) is 0 Å². The number of ether oxygens (including phenoxy) is 1. The summed E-state index contributed by atoms with van der Waals surface area (Å²) in [5, 5.41) is 0.